The Kier molecular flexibility index (Phi) is 6.73. The average molecular weight is 347 g/mol. The van der Waals surface area contributed by atoms with Gasteiger partial charge in [0.05, 0.1) is 19.1 Å². The van der Waals surface area contributed by atoms with Crippen molar-refractivity contribution in [3.8, 4) is 0 Å². The summed E-state index contributed by atoms with van der Waals surface area (Å²) in [5.74, 6) is -1.16. The second-order valence-electron chi connectivity index (χ2n) is 7.76. The van der Waals surface area contributed by atoms with E-state index in [0.717, 1.165) is 25.1 Å². The molecule has 5 heteroatoms. The number of ketones is 1. The second kappa shape index (κ2) is 8.59. The highest BCUT2D eigenvalue weighted by atomic mass is 16.5. The summed E-state index contributed by atoms with van der Waals surface area (Å²) < 4.78 is 5.34. The van der Waals surface area contributed by atoms with Gasteiger partial charge in [-0.3, -0.25) is 9.59 Å². The van der Waals surface area contributed by atoms with Crippen LogP contribution in [0.25, 0.3) is 0 Å². The lowest BCUT2D eigenvalue weighted by atomic mass is 9.86. The second-order valence-corrected chi connectivity index (χ2v) is 7.76. The van der Waals surface area contributed by atoms with Crippen molar-refractivity contribution in [2.24, 2.45) is 5.92 Å². The number of nitrogens with zero attached hydrogens (tertiary/aromatic N) is 1. The summed E-state index contributed by atoms with van der Waals surface area (Å²) in [5.41, 5.74) is 2.04. The van der Waals surface area contributed by atoms with E-state index in [9.17, 15) is 9.59 Å². The summed E-state index contributed by atoms with van der Waals surface area (Å²) in [7, 11) is 0. The summed E-state index contributed by atoms with van der Waals surface area (Å²) in [6.45, 7) is 9.20. The zero-order valence-corrected chi connectivity index (χ0v) is 15.5. The maximum Gasteiger partial charge on any atom is 0.310 e. The molecule has 0 amide bonds. The molecule has 0 aliphatic carbocycles. The van der Waals surface area contributed by atoms with Crippen LogP contribution < -0.4 is 0 Å². The van der Waals surface area contributed by atoms with Gasteiger partial charge in [-0.2, -0.15) is 0 Å². The number of ether oxygens (including phenoxy) is 1. The molecule has 1 atom stereocenters. The smallest absolute Gasteiger partial charge is 0.310 e. The molecule has 0 radical (unpaired) electrons. The van der Waals surface area contributed by atoms with Crippen molar-refractivity contribution in [1.29, 1.82) is 0 Å². The number of hydrogen-bond donors (Lipinski definition) is 1. The Morgan fingerprint density at radius 1 is 1.24 bits per heavy atom. The molecule has 138 valence electrons. The molecule has 1 heterocycles. The van der Waals surface area contributed by atoms with Crippen molar-refractivity contribution in [3.05, 3.63) is 35.4 Å². The Labute approximate surface area is 150 Å². The predicted octanol–water partition coefficient (Wildman–Crippen LogP) is 2.98. The molecule has 0 aromatic heterocycles. The molecule has 2 rings (SSSR count). The van der Waals surface area contributed by atoms with E-state index in [0.29, 0.717) is 19.6 Å². The van der Waals surface area contributed by atoms with E-state index in [4.69, 9.17) is 9.84 Å². The minimum atomic E-state index is -0.818. The SMILES string of the molecule is CC(C)(C)c1ccc(C(=O)CCCN2CCOCC(C(=O)O)C2)cc1. The molecule has 1 N–H and O–H groups in total. The maximum absolute atomic E-state index is 12.4. The van der Waals surface area contributed by atoms with Gasteiger partial charge < -0.3 is 14.7 Å². The van der Waals surface area contributed by atoms with Crippen LogP contribution in [0.15, 0.2) is 24.3 Å². The molecule has 0 bridgehead atoms. The van der Waals surface area contributed by atoms with E-state index in [1.54, 1.807) is 0 Å². The van der Waals surface area contributed by atoms with Gasteiger partial charge in [-0.1, -0.05) is 45.0 Å². The number of hydrogen-bond acceptors (Lipinski definition) is 4. The third-order valence-corrected chi connectivity index (χ3v) is 4.65. The molecule has 1 aromatic carbocycles. The van der Waals surface area contributed by atoms with E-state index in [2.05, 4.69) is 25.7 Å². The lowest BCUT2D eigenvalue weighted by molar-refractivity contribution is -0.143. The van der Waals surface area contributed by atoms with Crippen molar-refractivity contribution in [2.75, 3.05) is 32.8 Å². The van der Waals surface area contributed by atoms with E-state index in [1.165, 1.54) is 5.56 Å². The Morgan fingerprint density at radius 2 is 1.92 bits per heavy atom. The van der Waals surface area contributed by atoms with Gasteiger partial charge in [0.2, 0.25) is 0 Å². The molecule has 5 nitrogen and oxygen atoms in total. The van der Waals surface area contributed by atoms with E-state index in [1.807, 2.05) is 24.3 Å². The predicted molar refractivity (Wildman–Crippen MR) is 97.1 cm³/mol. The van der Waals surface area contributed by atoms with Crippen molar-refractivity contribution < 1.29 is 19.4 Å². The molecule has 0 spiro atoms. The van der Waals surface area contributed by atoms with Crippen LogP contribution in [0.2, 0.25) is 0 Å². The largest absolute Gasteiger partial charge is 0.481 e. The molecular formula is C20H29NO4. The molecule has 1 fully saturated rings. The first-order chi connectivity index (χ1) is 11.8. The van der Waals surface area contributed by atoms with Gasteiger partial charge in [-0.05, 0) is 23.9 Å². The van der Waals surface area contributed by atoms with Crippen LogP contribution in [-0.4, -0.2) is 54.6 Å². The van der Waals surface area contributed by atoms with Crippen molar-refractivity contribution in [1.82, 2.24) is 4.90 Å². The van der Waals surface area contributed by atoms with Crippen LogP contribution in [0.1, 0.15) is 49.5 Å². The number of carbonyl (C=O) groups is 2. The van der Waals surface area contributed by atoms with Crippen LogP contribution in [-0.2, 0) is 14.9 Å². The summed E-state index contributed by atoms with van der Waals surface area (Å²) in [6, 6.07) is 7.86. The van der Waals surface area contributed by atoms with Gasteiger partial charge in [0.1, 0.15) is 0 Å². The fraction of sp³-hybridized carbons (Fsp3) is 0.600. The quantitative estimate of drug-likeness (QED) is 0.801. The van der Waals surface area contributed by atoms with Gasteiger partial charge in [0.15, 0.2) is 5.78 Å². The van der Waals surface area contributed by atoms with Crippen LogP contribution in [0, 0.1) is 5.92 Å². The topological polar surface area (TPSA) is 66.8 Å². The lowest BCUT2D eigenvalue weighted by Gasteiger charge is -2.21. The molecule has 1 aliphatic heterocycles. The Bertz CT molecular complexity index is 589. The van der Waals surface area contributed by atoms with Crippen LogP contribution in [0.4, 0.5) is 0 Å². The fourth-order valence-electron chi connectivity index (χ4n) is 2.99. The third kappa shape index (κ3) is 5.94. The molecule has 1 saturated heterocycles. The third-order valence-electron chi connectivity index (χ3n) is 4.65. The number of rotatable bonds is 6. The molecule has 25 heavy (non-hydrogen) atoms. The summed E-state index contributed by atoms with van der Waals surface area (Å²) in [5, 5.41) is 9.16. The Hall–Kier alpha value is -1.72. The van der Waals surface area contributed by atoms with Crippen LogP contribution in [0.5, 0.6) is 0 Å². The number of benzene rings is 1. The van der Waals surface area contributed by atoms with Crippen molar-refractivity contribution in [2.45, 2.75) is 39.0 Å². The molecular weight excluding hydrogens is 318 g/mol. The number of Topliss-reactive ketones (excluding diaryl/α,β-unsaturated/α-hetero) is 1. The number of carbonyl (C=O) groups excluding carboxylic acids is 1. The Morgan fingerprint density at radius 3 is 2.52 bits per heavy atom. The first kappa shape index (κ1) is 19.6. The standard InChI is InChI=1S/C20H29NO4/c1-20(2,3)17-8-6-15(7-9-17)18(22)5-4-10-21-11-12-25-14-16(13-21)19(23)24/h6-9,16H,4-5,10-14H2,1-3H3,(H,23,24). The molecule has 1 aliphatic rings. The molecule has 1 aromatic rings. The van der Waals surface area contributed by atoms with Gasteiger partial charge >= 0.3 is 5.97 Å². The highest BCUT2D eigenvalue weighted by Crippen LogP contribution is 2.22. The van der Waals surface area contributed by atoms with Gasteiger partial charge in [-0.15, -0.1) is 0 Å². The zero-order chi connectivity index (χ0) is 18.4. The summed E-state index contributed by atoms with van der Waals surface area (Å²) in [6.07, 6.45) is 1.20. The van der Waals surface area contributed by atoms with Crippen LogP contribution >= 0.6 is 0 Å². The van der Waals surface area contributed by atoms with Crippen molar-refractivity contribution in [3.63, 3.8) is 0 Å². The molecule has 0 saturated carbocycles. The van der Waals surface area contributed by atoms with Gasteiger partial charge in [0, 0.05) is 25.1 Å². The van der Waals surface area contributed by atoms with Gasteiger partial charge in [-0.25, -0.2) is 0 Å². The van der Waals surface area contributed by atoms with Gasteiger partial charge in [0.25, 0.3) is 0 Å². The van der Waals surface area contributed by atoms with E-state index < -0.39 is 11.9 Å². The summed E-state index contributed by atoms with van der Waals surface area (Å²) in [4.78, 5) is 25.6. The first-order valence-corrected chi connectivity index (χ1v) is 8.94. The monoisotopic (exact) mass is 347 g/mol. The highest BCUT2D eigenvalue weighted by molar-refractivity contribution is 5.96. The molecule has 1 unspecified atom stereocenters. The lowest BCUT2D eigenvalue weighted by Crippen LogP contribution is -2.34. The minimum Gasteiger partial charge on any atom is -0.481 e. The minimum absolute atomic E-state index is 0.0805. The van der Waals surface area contributed by atoms with Crippen LogP contribution in [0.3, 0.4) is 0 Å². The normalized spacial score (nSPS) is 19.4. The highest BCUT2D eigenvalue weighted by Gasteiger charge is 2.24. The number of carboxylic acids is 1. The maximum atomic E-state index is 12.4. The average Bonchev–Trinajstić information content (AvgIpc) is 2.80. The number of aliphatic carboxylic acids is 1. The zero-order valence-electron chi connectivity index (χ0n) is 15.5. The fourth-order valence-corrected chi connectivity index (χ4v) is 2.99. The van der Waals surface area contributed by atoms with Crippen molar-refractivity contribution >= 4 is 11.8 Å². The van der Waals surface area contributed by atoms with E-state index >= 15 is 0 Å². The summed E-state index contributed by atoms with van der Waals surface area (Å²) >= 11 is 0. The first-order valence-electron chi connectivity index (χ1n) is 8.94. The Balaban J connectivity index is 1.82. The van der Waals surface area contributed by atoms with E-state index in [-0.39, 0.29) is 17.8 Å². The number of carboxylic acid groups (broad SMARTS) is 1.